The highest BCUT2D eigenvalue weighted by molar-refractivity contribution is 9.12. The van der Waals surface area contributed by atoms with Gasteiger partial charge in [-0.2, -0.15) is 9.19 Å². The number of rotatable bonds is 2. The first-order valence-electron chi connectivity index (χ1n) is 6.58. The zero-order valence-electron chi connectivity index (χ0n) is 11.7. The van der Waals surface area contributed by atoms with Crippen molar-refractivity contribution >= 4 is 36.9 Å². The maximum absolute atomic E-state index is 13.0. The van der Waals surface area contributed by atoms with Crippen molar-refractivity contribution in [2.24, 2.45) is 0 Å². The van der Waals surface area contributed by atoms with E-state index in [0.29, 0.717) is 11.9 Å². The van der Waals surface area contributed by atoms with Gasteiger partial charge in [0.1, 0.15) is 4.75 Å². The first kappa shape index (κ1) is 14.5. The monoisotopic (exact) mass is 366 g/mol. The minimum absolute atomic E-state index is 0.418. The van der Waals surface area contributed by atoms with E-state index in [2.05, 4.69) is 21.0 Å². The van der Waals surface area contributed by atoms with E-state index in [1.165, 1.54) is 0 Å². The van der Waals surface area contributed by atoms with E-state index < -0.39 is 14.8 Å². The molecule has 1 unspecified atom stereocenters. The third kappa shape index (κ3) is 2.17. The summed E-state index contributed by atoms with van der Waals surface area (Å²) in [5.41, 5.74) is 1.53. The molecular formula is C15H15BrN2O2S. The van der Waals surface area contributed by atoms with E-state index >= 15 is 0 Å². The van der Waals surface area contributed by atoms with Gasteiger partial charge in [0, 0.05) is 9.87 Å². The lowest BCUT2D eigenvalue weighted by Crippen LogP contribution is -2.39. The lowest BCUT2D eigenvalue weighted by molar-refractivity contribution is 0.547. The van der Waals surface area contributed by atoms with Gasteiger partial charge in [-0.1, -0.05) is 46.3 Å². The number of fused-ring (bicyclic) bond motifs is 1. The summed E-state index contributed by atoms with van der Waals surface area (Å²) in [6.07, 6.45) is 5.70. The number of hydrogen-bond donors (Lipinski definition) is 0. The Morgan fingerprint density at radius 2 is 2.05 bits per heavy atom. The first-order valence-corrected chi connectivity index (χ1v) is 8.82. The molecule has 3 rings (SSSR count). The van der Waals surface area contributed by atoms with E-state index in [9.17, 15) is 8.42 Å². The fourth-order valence-corrected chi connectivity index (χ4v) is 4.44. The Hall–Kier alpha value is -1.40. The molecule has 4 nitrogen and oxygen atoms in total. The number of aromatic nitrogens is 2. The van der Waals surface area contributed by atoms with Crippen LogP contribution in [0.15, 0.2) is 52.7 Å². The van der Waals surface area contributed by atoms with Crippen LogP contribution >= 0.6 is 15.9 Å². The summed E-state index contributed by atoms with van der Waals surface area (Å²) in [6.45, 7) is 3.63. The topological polar surface area (TPSA) is 52.0 Å². The molecular weight excluding hydrogens is 352 g/mol. The van der Waals surface area contributed by atoms with Crippen molar-refractivity contribution in [2.75, 3.05) is 0 Å². The van der Waals surface area contributed by atoms with Gasteiger partial charge in [-0.15, -0.1) is 0 Å². The van der Waals surface area contributed by atoms with Crippen molar-refractivity contribution in [1.29, 1.82) is 0 Å². The van der Waals surface area contributed by atoms with Crippen LogP contribution in [0.3, 0.4) is 0 Å². The van der Waals surface area contributed by atoms with Crippen LogP contribution in [0.1, 0.15) is 20.3 Å². The maximum Gasteiger partial charge on any atom is 0.263 e. The van der Waals surface area contributed by atoms with Crippen LogP contribution in [-0.4, -0.2) is 22.4 Å². The Balaban J connectivity index is 2.18. The highest BCUT2D eigenvalue weighted by atomic mass is 79.9. The second-order valence-corrected chi connectivity index (χ2v) is 8.53. The molecule has 0 bridgehead atoms. The van der Waals surface area contributed by atoms with Crippen molar-refractivity contribution in [1.82, 2.24) is 9.19 Å². The third-order valence-corrected chi connectivity index (χ3v) is 7.01. The smallest absolute Gasteiger partial charge is 0.204 e. The van der Waals surface area contributed by atoms with Crippen LogP contribution in [-0.2, 0) is 10.0 Å². The minimum Gasteiger partial charge on any atom is -0.204 e. The molecule has 0 fully saturated rings. The van der Waals surface area contributed by atoms with Gasteiger partial charge in [-0.05, 0) is 31.9 Å². The van der Waals surface area contributed by atoms with Gasteiger partial charge in [0.15, 0.2) is 0 Å². The molecule has 110 valence electrons. The summed E-state index contributed by atoms with van der Waals surface area (Å²) in [5, 5.41) is 4.92. The van der Waals surface area contributed by atoms with E-state index in [1.807, 2.05) is 31.2 Å². The molecule has 0 saturated carbocycles. The Morgan fingerprint density at radius 3 is 2.76 bits per heavy atom. The highest BCUT2D eigenvalue weighted by Gasteiger charge is 2.40. The van der Waals surface area contributed by atoms with Crippen LogP contribution in [0.5, 0.6) is 0 Å². The molecule has 1 aliphatic carbocycles. The molecule has 0 amide bonds. The highest BCUT2D eigenvalue weighted by Crippen LogP contribution is 2.36. The normalized spacial score (nSPS) is 23.0. The van der Waals surface area contributed by atoms with Gasteiger partial charge in [0.2, 0.25) is 0 Å². The molecule has 1 atom stereocenters. The van der Waals surface area contributed by atoms with E-state index in [-0.39, 0.29) is 0 Å². The van der Waals surface area contributed by atoms with Gasteiger partial charge < -0.3 is 0 Å². The summed E-state index contributed by atoms with van der Waals surface area (Å²) in [7, 11) is -3.64. The van der Waals surface area contributed by atoms with Gasteiger partial charge in [-0.25, -0.2) is 8.42 Å². The molecule has 1 aromatic carbocycles. The molecule has 21 heavy (non-hydrogen) atoms. The van der Waals surface area contributed by atoms with Crippen molar-refractivity contribution < 1.29 is 8.42 Å². The van der Waals surface area contributed by atoms with E-state index in [4.69, 9.17) is 0 Å². The zero-order valence-corrected chi connectivity index (χ0v) is 14.1. The number of hydrogen-bond acceptors (Lipinski definition) is 3. The number of benzene rings is 1. The second-order valence-electron chi connectivity index (χ2n) is 5.45. The van der Waals surface area contributed by atoms with Crippen molar-refractivity contribution in [2.45, 2.75) is 25.0 Å². The molecule has 0 N–H and O–H groups in total. The lowest BCUT2D eigenvalue weighted by atomic mass is 9.98. The predicted molar refractivity (Wildman–Crippen MR) is 87.8 cm³/mol. The van der Waals surface area contributed by atoms with Gasteiger partial charge in [0.05, 0.1) is 11.7 Å². The molecule has 0 spiro atoms. The molecule has 6 heteroatoms. The minimum atomic E-state index is -3.64. The average Bonchev–Trinajstić information content (AvgIpc) is 2.87. The molecule has 0 aliphatic heterocycles. The maximum atomic E-state index is 13.0. The number of nitrogens with zero attached hydrogens (tertiary/aromatic N) is 2. The van der Waals surface area contributed by atoms with Crippen LogP contribution in [0, 0.1) is 0 Å². The number of halogens is 1. The van der Waals surface area contributed by atoms with Gasteiger partial charge >= 0.3 is 0 Å². The lowest BCUT2D eigenvalue weighted by Gasteiger charge is -2.28. The van der Waals surface area contributed by atoms with Crippen molar-refractivity contribution in [3.8, 4) is 0 Å². The summed E-state index contributed by atoms with van der Waals surface area (Å²) >= 11 is 3.44. The largest absolute Gasteiger partial charge is 0.263 e. The predicted octanol–water partition coefficient (Wildman–Crippen LogP) is 3.60. The van der Waals surface area contributed by atoms with Crippen LogP contribution in [0.2, 0.25) is 0 Å². The summed E-state index contributed by atoms with van der Waals surface area (Å²) in [6, 6.07) is 7.31. The SMILES string of the molecule is CC1=CC(C)(S(=O)(=O)n2ncc3ccccc32)CC=C1Br. The summed E-state index contributed by atoms with van der Waals surface area (Å²) < 4.78 is 27.2. The van der Waals surface area contributed by atoms with E-state index in [0.717, 1.165) is 19.5 Å². The molecule has 1 aromatic heterocycles. The zero-order chi connectivity index (χ0) is 15.3. The molecule has 0 radical (unpaired) electrons. The van der Waals surface area contributed by atoms with Crippen LogP contribution < -0.4 is 0 Å². The Morgan fingerprint density at radius 1 is 1.33 bits per heavy atom. The molecule has 1 aliphatic rings. The average molecular weight is 367 g/mol. The standard InChI is InChI=1S/C15H15BrN2O2S/c1-11-9-15(2,8-7-13(11)16)21(19,20)18-14-6-4-3-5-12(14)10-17-18/h3-7,9-10H,8H2,1-2H3. The van der Waals surface area contributed by atoms with Crippen molar-refractivity contribution in [3.05, 3.63) is 52.7 Å². The summed E-state index contributed by atoms with van der Waals surface area (Å²) in [4.78, 5) is 0. The first-order chi connectivity index (χ1) is 9.85. The van der Waals surface area contributed by atoms with E-state index in [1.54, 1.807) is 25.3 Å². The van der Waals surface area contributed by atoms with Crippen molar-refractivity contribution in [3.63, 3.8) is 0 Å². The van der Waals surface area contributed by atoms with Crippen LogP contribution in [0.4, 0.5) is 0 Å². The fourth-order valence-electron chi connectivity index (χ4n) is 2.56. The number of para-hydroxylation sites is 1. The second kappa shape index (κ2) is 4.81. The van der Waals surface area contributed by atoms with Gasteiger partial charge in [-0.3, -0.25) is 0 Å². The summed E-state index contributed by atoms with van der Waals surface area (Å²) in [5.74, 6) is 0. The Labute approximate surface area is 132 Å². The van der Waals surface area contributed by atoms with Gasteiger partial charge in [0.25, 0.3) is 10.0 Å². The Bertz CT molecular complexity index is 880. The Kier molecular flexibility index (Phi) is 3.33. The fraction of sp³-hybridized carbons (Fsp3) is 0.267. The molecule has 2 aromatic rings. The molecule has 0 saturated heterocycles. The number of allylic oxidation sites excluding steroid dienone is 3. The molecule has 1 heterocycles. The third-order valence-electron chi connectivity index (χ3n) is 3.85. The quantitative estimate of drug-likeness (QED) is 0.815. The van der Waals surface area contributed by atoms with Crippen LogP contribution in [0.25, 0.3) is 10.9 Å².